The second-order valence-electron chi connectivity index (χ2n) is 5.87. The van der Waals surface area contributed by atoms with Crippen LogP contribution in [-0.4, -0.2) is 16.9 Å². The van der Waals surface area contributed by atoms with E-state index in [9.17, 15) is 0 Å². The van der Waals surface area contributed by atoms with Gasteiger partial charge in [0.1, 0.15) is 0 Å². The first-order valence-electron chi connectivity index (χ1n) is 7.81. The van der Waals surface area contributed by atoms with Crippen LogP contribution in [0.25, 0.3) is 11.3 Å². The maximum atomic E-state index is 6.01. The molecular formula is C18H20ClN3S. The Labute approximate surface area is 145 Å². The van der Waals surface area contributed by atoms with Gasteiger partial charge in [-0.2, -0.15) is 5.10 Å². The second kappa shape index (κ2) is 7.28. The van der Waals surface area contributed by atoms with E-state index in [-0.39, 0.29) is 0 Å². The molecule has 1 aromatic carbocycles. The van der Waals surface area contributed by atoms with Crippen molar-refractivity contribution in [3.8, 4) is 11.3 Å². The topological polar surface area (TPSA) is 29.6 Å². The van der Waals surface area contributed by atoms with Gasteiger partial charge in [0.25, 0.3) is 0 Å². The van der Waals surface area contributed by atoms with Gasteiger partial charge in [-0.05, 0) is 44.7 Å². The van der Waals surface area contributed by atoms with Gasteiger partial charge in [0, 0.05) is 21.7 Å². The minimum atomic E-state index is 0.630. The van der Waals surface area contributed by atoms with E-state index in [1.807, 2.05) is 35.9 Å². The molecular weight excluding hydrogens is 326 g/mol. The third-order valence-corrected chi connectivity index (χ3v) is 4.84. The van der Waals surface area contributed by atoms with Crippen molar-refractivity contribution >= 4 is 28.6 Å². The van der Waals surface area contributed by atoms with Crippen molar-refractivity contribution in [3.05, 3.63) is 51.6 Å². The lowest BCUT2D eigenvalue weighted by Gasteiger charge is -2.05. The van der Waals surface area contributed by atoms with Crippen molar-refractivity contribution in [2.45, 2.75) is 32.6 Å². The minimum Gasteiger partial charge on any atom is -0.253 e. The number of rotatable bonds is 4. The molecule has 5 heteroatoms. The molecule has 1 aliphatic carbocycles. The van der Waals surface area contributed by atoms with E-state index in [2.05, 4.69) is 17.0 Å². The first-order valence-corrected chi connectivity index (χ1v) is 9.07. The van der Waals surface area contributed by atoms with Crippen LogP contribution in [0.1, 0.15) is 32.6 Å². The van der Waals surface area contributed by atoms with Crippen LogP contribution in [0.15, 0.2) is 51.9 Å². The molecule has 3 rings (SSSR count). The molecule has 2 aromatic rings. The van der Waals surface area contributed by atoms with E-state index in [0.29, 0.717) is 6.54 Å². The molecule has 0 N–H and O–H groups in total. The van der Waals surface area contributed by atoms with E-state index in [1.54, 1.807) is 11.3 Å². The van der Waals surface area contributed by atoms with Gasteiger partial charge in [0.05, 0.1) is 12.2 Å². The highest BCUT2D eigenvalue weighted by atomic mass is 35.5. The Morgan fingerprint density at radius 2 is 1.96 bits per heavy atom. The van der Waals surface area contributed by atoms with Gasteiger partial charge in [-0.15, -0.1) is 11.3 Å². The molecule has 1 aromatic heterocycles. The largest absolute Gasteiger partial charge is 0.253 e. The third-order valence-electron chi connectivity index (χ3n) is 3.73. The summed E-state index contributed by atoms with van der Waals surface area (Å²) in [5.41, 5.74) is 4.47. The zero-order valence-electron chi connectivity index (χ0n) is 13.3. The van der Waals surface area contributed by atoms with Gasteiger partial charge in [0.2, 0.25) is 4.80 Å². The summed E-state index contributed by atoms with van der Waals surface area (Å²) < 4.78 is 1.98. The summed E-state index contributed by atoms with van der Waals surface area (Å²) in [6.07, 6.45) is 4.64. The minimum absolute atomic E-state index is 0.630. The standard InChI is InChI=1S/C18H20ClN3S/c1-13(2)11-20-18-22(21-16-5-3-4-6-16)17(12-23-18)14-7-9-15(19)10-8-14/h7-10,12H,1,3-6,11H2,2H3. The fraction of sp³-hybridized carbons (Fsp3) is 0.333. The zero-order chi connectivity index (χ0) is 16.2. The van der Waals surface area contributed by atoms with Crippen LogP contribution in [0.2, 0.25) is 5.02 Å². The van der Waals surface area contributed by atoms with Gasteiger partial charge >= 0.3 is 0 Å². The average Bonchev–Trinajstić information content (AvgIpc) is 3.17. The lowest BCUT2D eigenvalue weighted by atomic mass is 10.2. The molecule has 0 atom stereocenters. The van der Waals surface area contributed by atoms with Crippen molar-refractivity contribution in [2.24, 2.45) is 10.1 Å². The van der Waals surface area contributed by atoms with Gasteiger partial charge in [-0.25, -0.2) is 4.68 Å². The van der Waals surface area contributed by atoms with Crippen LogP contribution >= 0.6 is 22.9 Å². The molecule has 0 amide bonds. The molecule has 1 heterocycles. The molecule has 0 bridgehead atoms. The molecule has 1 aliphatic rings. The highest BCUT2D eigenvalue weighted by Gasteiger charge is 2.12. The van der Waals surface area contributed by atoms with Crippen molar-refractivity contribution in [1.82, 2.24) is 4.68 Å². The number of halogens is 1. The Hall–Kier alpha value is -1.65. The highest BCUT2D eigenvalue weighted by molar-refractivity contribution is 7.07. The summed E-state index contributed by atoms with van der Waals surface area (Å²) in [4.78, 5) is 5.57. The molecule has 0 unspecified atom stereocenters. The Morgan fingerprint density at radius 1 is 1.26 bits per heavy atom. The summed E-state index contributed by atoms with van der Waals surface area (Å²) >= 11 is 7.62. The van der Waals surface area contributed by atoms with Crippen LogP contribution in [-0.2, 0) is 0 Å². The summed E-state index contributed by atoms with van der Waals surface area (Å²) in [6.45, 7) is 6.55. The summed E-state index contributed by atoms with van der Waals surface area (Å²) in [5, 5.41) is 7.73. The summed E-state index contributed by atoms with van der Waals surface area (Å²) in [7, 11) is 0. The van der Waals surface area contributed by atoms with Crippen molar-refractivity contribution in [2.75, 3.05) is 6.54 Å². The van der Waals surface area contributed by atoms with Crippen LogP contribution in [0.4, 0.5) is 0 Å². The Morgan fingerprint density at radius 3 is 2.61 bits per heavy atom. The predicted molar refractivity (Wildman–Crippen MR) is 99.3 cm³/mol. The number of thiazole rings is 1. The number of aromatic nitrogens is 1. The van der Waals surface area contributed by atoms with Crippen molar-refractivity contribution < 1.29 is 0 Å². The number of nitrogens with zero attached hydrogens (tertiary/aromatic N) is 3. The monoisotopic (exact) mass is 345 g/mol. The fourth-order valence-corrected chi connectivity index (χ4v) is 3.51. The van der Waals surface area contributed by atoms with E-state index in [1.165, 1.54) is 18.6 Å². The Kier molecular flexibility index (Phi) is 5.13. The van der Waals surface area contributed by atoms with Gasteiger partial charge in [0.15, 0.2) is 0 Å². The molecule has 1 fully saturated rings. The van der Waals surface area contributed by atoms with Gasteiger partial charge in [-0.1, -0.05) is 35.9 Å². The molecule has 120 valence electrons. The van der Waals surface area contributed by atoms with Crippen LogP contribution < -0.4 is 4.80 Å². The maximum Gasteiger partial charge on any atom is 0.206 e. The normalized spacial score (nSPS) is 15.2. The highest BCUT2D eigenvalue weighted by Crippen LogP contribution is 2.23. The smallest absolute Gasteiger partial charge is 0.206 e. The maximum absolute atomic E-state index is 6.01. The van der Waals surface area contributed by atoms with Crippen LogP contribution in [0.3, 0.4) is 0 Å². The van der Waals surface area contributed by atoms with Crippen molar-refractivity contribution in [3.63, 3.8) is 0 Å². The van der Waals surface area contributed by atoms with E-state index in [4.69, 9.17) is 16.7 Å². The first-order chi connectivity index (χ1) is 11.1. The summed E-state index contributed by atoms with van der Waals surface area (Å²) in [5.74, 6) is 0. The molecule has 0 saturated heterocycles. The second-order valence-corrected chi connectivity index (χ2v) is 7.14. The number of hydrogen-bond acceptors (Lipinski definition) is 3. The number of hydrogen-bond donors (Lipinski definition) is 0. The molecule has 3 nitrogen and oxygen atoms in total. The molecule has 1 saturated carbocycles. The van der Waals surface area contributed by atoms with Crippen molar-refractivity contribution in [1.29, 1.82) is 0 Å². The quantitative estimate of drug-likeness (QED) is 0.688. The SMILES string of the molecule is C=C(C)CN=c1scc(-c2ccc(Cl)cc2)n1N=C1CCCC1. The fourth-order valence-electron chi connectivity index (χ4n) is 2.55. The van der Waals surface area contributed by atoms with E-state index in [0.717, 1.165) is 39.5 Å². The van der Waals surface area contributed by atoms with Crippen LogP contribution in [0, 0.1) is 0 Å². The average molecular weight is 346 g/mol. The molecule has 23 heavy (non-hydrogen) atoms. The third kappa shape index (κ3) is 4.01. The Bertz CT molecular complexity index is 788. The van der Waals surface area contributed by atoms with Gasteiger partial charge < -0.3 is 0 Å². The van der Waals surface area contributed by atoms with Crippen LogP contribution in [0.5, 0.6) is 0 Å². The first kappa shape index (κ1) is 16.2. The van der Waals surface area contributed by atoms with E-state index < -0.39 is 0 Å². The zero-order valence-corrected chi connectivity index (χ0v) is 14.8. The predicted octanol–water partition coefficient (Wildman–Crippen LogP) is 5.12. The van der Waals surface area contributed by atoms with E-state index >= 15 is 0 Å². The van der Waals surface area contributed by atoms with Gasteiger partial charge in [-0.3, -0.25) is 4.99 Å². The lowest BCUT2D eigenvalue weighted by molar-refractivity contribution is 0.824. The summed E-state index contributed by atoms with van der Waals surface area (Å²) in [6, 6.07) is 7.87. The Balaban J connectivity index is 2.08. The lowest BCUT2D eigenvalue weighted by Crippen LogP contribution is -2.14. The molecule has 0 radical (unpaired) electrons. The molecule has 0 spiro atoms. The molecule has 0 aliphatic heterocycles. The number of benzene rings is 1.